The lowest BCUT2D eigenvalue weighted by atomic mass is 10.1. The Kier molecular flexibility index (Phi) is 4.68. The first-order valence-corrected chi connectivity index (χ1v) is 8.90. The molecule has 0 spiro atoms. The van der Waals surface area contributed by atoms with Gasteiger partial charge in [-0.05, 0) is 29.8 Å². The number of benzene rings is 1. The molecule has 144 valence electrons. The van der Waals surface area contributed by atoms with E-state index in [0.717, 1.165) is 17.5 Å². The highest BCUT2D eigenvalue weighted by Crippen LogP contribution is 2.16. The Hall–Kier alpha value is -3.42. The zero-order chi connectivity index (χ0) is 19.7. The van der Waals surface area contributed by atoms with Gasteiger partial charge in [0.05, 0.1) is 24.9 Å². The first-order chi connectivity index (χ1) is 13.5. The van der Waals surface area contributed by atoms with Crippen LogP contribution in [0.3, 0.4) is 0 Å². The van der Waals surface area contributed by atoms with Crippen molar-refractivity contribution in [2.45, 2.75) is 19.5 Å². The molecule has 7 nitrogen and oxygen atoms in total. The quantitative estimate of drug-likeness (QED) is 0.753. The Balaban J connectivity index is 1.51. The van der Waals surface area contributed by atoms with Gasteiger partial charge in [0.1, 0.15) is 17.2 Å². The van der Waals surface area contributed by atoms with Crippen LogP contribution in [0.4, 0.5) is 9.18 Å². The number of amides is 2. The van der Waals surface area contributed by atoms with Gasteiger partial charge in [0.2, 0.25) is 0 Å². The summed E-state index contributed by atoms with van der Waals surface area (Å²) in [6.45, 7) is 0.949. The maximum absolute atomic E-state index is 13.5. The van der Waals surface area contributed by atoms with Crippen molar-refractivity contribution in [3.05, 3.63) is 75.6 Å². The lowest BCUT2D eigenvalue weighted by Gasteiger charge is -2.28. The van der Waals surface area contributed by atoms with Gasteiger partial charge in [-0.15, -0.1) is 0 Å². The molecule has 3 aromatic rings. The number of hydrogen-bond acceptors (Lipinski definition) is 4. The maximum Gasteiger partial charge on any atom is 0.317 e. The smallest absolute Gasteiger partial charge is 0.317 e. The van der Waals surface area contributed by atoms with E-state index in [4.69, 9.17) is 4.74 Å². The van der Waals surface area contributed by atoms with Gasteiger partial charge >= 0.3 is 6.03 Å². The summed E-state index contributed by atoms with van der Waals surface area (Å²) in [6.07, 6.45) is 1.60. The first kappa shape index (κ1) is 18.0. The van der Waals surface area contributed by atoms with E-state index in [-0.39, 0.29) is 18.1 Å². The van der Waals surface area contributed by atoms with Gasteiger partial charge in [-0.1, -0.05) is 12.1 Å². The third-order valence-electron chi connectivity index (χ3n) is 4.80. The van der Waals surface area contributed by atoms with Crippen molar-refractivity contribution in [2.24, 2.45) is 0 Å². The van der Waals surface area contributed by atoms with Crippen molar-refractivity contribution in [1.29, 1.82) is 0 Å². The van der Waals surface area contributed by atoms with E-state index in [0.29, 0.717) is 36.4 Å². The van der Waals surface area contributed by atoms with Gasteiger partial charge < -0.3 is 15.0 Å². The van der Waals surface area contributed by atoms with E-state index >= 15 is 0 Å². The molecular formula is C20H19FN4O3. The number of methoxy groups -OCH3 is 1. The molecule has 0 unspecified atom stereocenters. The first-order valence-electron chi connectivity index (χ1n) is 8.90. The molecule has 0 saturated carbocycles. The van der Waals surface area contributed by atoms with Crippen molar-refractivity contribution in [3.8, 4) is 5.75 Å². The molecule has 4 rings (SSSR count). The van der Waals surface area contributed by atoms with Crippen molar-refractivity contribution in [3.63, 3.8) is 0 Å². The van der Waals surface area contributed by atoms with E-state index < -0.39 is 5.82 Å². The van der Waals surface area contributed by atoms with Gasteiger partial charge in [0.25, 0.3) is 5.56 Å². The summed E-state index contributed by atoms with van der Waals surface area (Å²) in [5.41, 5.74) is 2.05. The minimum atomic E-state index is -0.514. The highest BCUT2D eigenvalue weighted by Gasteiger charge is 2.25. The average molecular weight is 382 g/mol. The number of nitrogens with one attached hydrogen (secondary N) is 1. The van der Waals surface area contributed by atoms with Crippen LogP contribution in [0.2, 0.25) is 0 Å². The van der Waals surface area contributed by atoms with Crippen molar-refractivity contribution < 1.29 is 13.9 Å². The molecule has 1 aliphatic rings. The van der Waals surface area contributed by atoms with Gasteiger partial charge in [-0.25, -0.2) is 14.2 Å². The molecule has 1 aliphatic heterocycles. The molecule has 2 aromatic heterocycles. The van der Waals surface area contributed by atoms with E-state index in [2.05, 4.69) is 10.3 Å². The number of hydrogen-bond donors (Lipinski definition) is 1. The molecule has 0 aliphatic carbocycles. The van der Waals surface area contributed by atoms with Crippen molar-refractivity contribution in [1.82, 2.24) is 19.6 Å². The highest BCUT2D eigenvalue weighted by atomic mass is 19.1. The van der Waals surface area contributed by atoms with Crippen LogP contribution in [-0.2, 0) is 19.5 Å². The molecule has 2 amide bonds. The minimum Gasteiger partial charge on any atom is -0.497 e. The Morgan fingerprint density at radius 2 is 2.18 bits per heavy atom. The van der Waals surface area contributed by atoms with Gasteiger partial charge in [-0.3, -0.25) is 9.20 Å². The average Bonchev–Trinajstić information content (AvgIpc) is 2.72. The van der Waals surface area contributed by atoms with Crippen LogP contribution in [0.1, 0.15) is 16.8 Å². The fraction of sp³-hybridized carbons (Fsp3) is 0.250. The molecule has 0 fully saturated rings. The molecule has 1 N–H and O–H groups in total. The number of urea groups is 1. The summed E-state index contributed by atoms with van der Waals surface area (Å²) in [7, 11) is 1.59. The highest BCUT2D eigenvalue weighted by molar-refractivity contribution is 5.74. The SMILES string of the molecule is COc1cccc(CNC(=O)N2CCc3nc4ccc(F)cn4c(=O)c3C2)c1. The van der Waals surface area contributed by atoms with E-state index in [1.807, 2.05) is 24.3 Å². The second kappa shape index (κ2) is 7.30. The summed E-state index contributed by atoms with van der Waals surface area (Å²) < 4.78 is 19.9. The zero-order valence-corrected chi connectivity index (χ0v) is 15.3. The Labute approximate surface area is 160 Å². The van der Waals surface area contributed by atoms with Crippen LogP contribution in [0.15, 0.2) is 47.4 Å². The second-order valence-electron chi connectivity index (χ2n) is 6.60. The van der Waals surface area contributed by atoms with Crippen LogP contribution in [0.25, 0.3) is 5.65 Å². The molecule has 0 atom stereocenters. The monoisotopic (exact) mass is 382 g/mol. The summed E-state index contributed by atoms with van der Waals surface area (Å²) >= 11 is 0. The summed E-state index contributed by atoms with van der Waals surface area (Å²) in [5.74, 6) is 0.205. The van der Waals surface area contributed by atoms with Gasteiger partial charge in [0.15, 0.2) is 0 Å². The number of halogens is 1. The molecule has 0 radical (unpaired) electrons. The topological polar surface area (TPSA) is 75.9 Å². The van der Waals surface area contributed by atoms with Gasteiger partial charge in [-0.2, -0.15) is 0 Å². The second-order valence-corrected chi connectivity index (χ2v) is 6.60. The van der Waals surface area contributed by atoms with Crippen LogP contribution < -0.4 is 15.6 Å². The number of rotatable bonds is 3. The number of aromatic nitrogens is 2. The molecule has 1 aromatic carbocycles. The lowest BCUT2D eigenvalue weighted by molar-refractivity contribution is 0.191. The van der Waals surface area contributed by atoms with E-state index in [1.165, 1.54) is 16.5 Å². The largest absolute Gasteiger partial charge is 0.497 e. The van der Waals surface area contributed by atoms with E-state index in [9.17, 15) is 14.0 Å². The fourth-order valence-electron chi connectivity index (χ4n) is 3.32. The number of carbonyl (C=O) groups excluding carboxylic acids is 1. The van der Waals surface area contributed by atoms with E-state index in [1.54, 1.807) is 12.0 Å². The molecule has 8 heteroatoms. The van der Waals surface area contributed by atoms with Crippen LogP contribution in [0, 0.1) is 5.82 Å². The number of carbonyl (C=O) groups is 1. The number of pyridine rings is 1. The van der Waals surface area contributed by atoms with Crippen LogP contribution in [-0.4, -0.2) is 34.0 Å². The molecule has 0 bridgehead atoms. The third-order valence-corrected chi connectivity index (χ3v) is 4.80. The number of fused-ring (bicyclic) bond motifs is 2. The molecule has 28 heavy (non-hydrogen) atoms. The molecule has 0 saturated heterocycles. The Bertz CT molecular complexity index is 1110. The normalized spacial score (nSPS) is 13.3. The predicted molar refractivity (Wildman–Crippen MR) is 101 cm³/mol. The standard InChI is InChI=1S/C20H19FN4O3/c1-28-15-4-2-3-13(9-15)10-22-20(27)24-8-7-17-16(12-24)19(26)25-11-14(21)5-6-18(25)23-17/h2-6,9,11H,7-8,10,12H2,1H3,(H,22,27). The van der Waals surface area contributed by atoms with Crippen LogP contribution >= 0.6 is 0 Å². The fourth-order valence-corrected chi connectivity index (χ4v) is 3.32. The maximum atomic E-state index is 13.5. The third kappa shape index (κ3) is 3.40. The molecular weight excluding hydrogens is 363 g/mol. The number of ether oxygens (including phenoxy) is 1. The van der Waals surface area contributed by atoms with Crippen LogP contribution in [0.5, 0.6) is 5.75 Å². The van der Waals surface area contributed by atoms with Gasteiger partial charge in [0, 0.05) is 25.7 Å². The number of nitrogens with zero attached hydrogens (tertiary/aromatic N) is 3. The Morgan fingerprint density at radius 3 is 3.00 bits per heavy atom. The molecule has 3 heterocycles. The van der Waals surface area contributed by atoms with Crippen molar-refractivity contribution in [2.75, 3.05) is 13.7 Å². The summed E-state index contributed by atoms with van der Waals surface area (Å²) in [5, 5.41) is 2.86. The van der Waals surface area contributed by atoms with Crippen molar-refractivity contribution >= 4 is 11.7 Å². The lowest BCUT2D eigenvalue weighted by Crippen LogP contribution is -2.44. The predicted octanol–water partition coefficient (Wildman–Crippen LogP) is 2.11. The Morgan fingerprint density at radius 1 is 1.32 bits per heavy atom. The zero-order valence-electron chi connectivity index (χ0n) is 15.3. The minimum absolute atomic E-state index is 0.143. The summed E-state index contributed by atoms with van der Waals surface area (Å²) in [4.78, 5) is 31.3. The summed E-state index contributed by atoms with van der Waals surface area (Å²) in [6, 6.07) is 9.92.